The first-order chi connectivity index (χ1) is 26.9. The molecule has 0 bridgehead atoms. The fourth-order valence-electron chi connectivity index (χ4n) is 10.4. The average Bonchev–Trinajstić information content (AvgIpc) is 3.71. The van der Waals surface area contributed by atoms with Crippen LogP contribution in [0.5, 0.6) is 0 Å². The normalized spacial score (nSPS) is 13.3. The highest BCUT2D eigenvalue weighted by molar-refractivity contribution is 6.25. The molecule has 0 saturated carbocycles. The maximum absolute atomic E-state index is 6.29. The standard InChI is InChI=1S/C55H48O/c1-29-31(3)35(7)50-48(33(29)5)52(38-24-22-37(23-25-38)40-18-15-21-47-54(40)43-17-12-14-20-46(43)56-47)49-34(6)30(2)32(4)36(8)51(49)53(50)39-26-27-42-41-16-11-13-19-44(41)55(9,10)45(42)28-39/h11-28H,1-10H3. The smallest absolute Gasteiger partial charge is 0.136 e. The van der Waals surface area contributed by atoms with Crippen LogP contribution in [0.15, 0.2) is 114 Å². The van der Waals surface area contributed by atoms with E-state index in [9.17, 15) is 0 Å². The van der Waals surface area contributed by atoms with Crippen molar-refractivity contribution in [3.05, 3.63) is 165 Å². The number of aryl methyl sites for hydroxylation is 4. The van der Waals surface area contributed by atoms with Gasteiger partial charge in [-0.05, 0) is 195 Å². The van der Waals surface area contributed by atoms with Crippen molar-refractivity contribution in [1.29, 1.82) is 0 Å². The van der Waals surface area contributed by atoms with Gasteiger partial charge in [-0.15, -0.1) is 0 Å². The fourth-order valence-corrected chi connectivity index (χ4v) is 10.4. The minimum atomic E-state index is -0.0861. The monoisotopic (exact) mass is 724 g/mol. The second kappa shape index (κ2) is 12.0. The van der Waals surface area contributed by atoms with Gasteiger partial charge in [0.2, 0.25) is 0 Å². The van der Waals surface area contributed by atoms with Crippen molar-refractivity contribution in [2.75, 3.05) is 0 Å². The molecule has 0 atom stereocenters. The van der Waals surface area contributed by atoms with E-state index < -0.39 is 0 Å². The molecular weight excluding hydrogens is 677 g/mol. The van der Waals surface area contributed by atoms with Gasteiger partial charge in [-0.25, -0.2) is 0 Å². The van der Waals surface area contributed by atoms with Crippen molar-refractivity contribution >= 4 is 43.5 Å². The van der Waals surface area contributed by atoms with Gasteiger partial charge in [-0.2, -0.15) is 0 Å². The lowest BCUT2D eigenvalue weighted by Gasteiger charge is -2.28. The summed E-state index contributed by atoms with van der Waals surface area (Å²) in [6.07, 6.45) is 0. The zero-order valence-electron chi connectivity index (χ0n) is 34.3. The van der Waals surface area contributed by atoms with Crippen LogP contribution in [0.1, 0.15) is 69.5 Å². The van der Waals surface area contributed by atoms with Crippen LogP contribution in [0, 0.1) is 55.4 Å². The Morgan fingerprint density at radius 2 is 0.821 bits per heavy atom. The molecule has 0 radical (unpaired) electrons. The Morgan fingerprint density at radius 3 is 1.45 bits per heavy atom. The highest BCUT2D eigenvalue weighted by Gasteiger charge is 2.36. The van der Waals surface area contributed by atoms with Crippen LogP contribution in [0.3, 0.4) is 0 Å². The number of furan rings is 1. The Kier molecular flexibility index (Phi) is 7.43. The molecule has 56 heavy (non-hydrogen) atoms. The number of fused-ring (bicyclic) bond motifs is 8. The van der Waals surface area contributed by atoms with E-state index in [0.29, 0.717) is 0 Å². The van der Waals surface area contributed by atoms with Crippen LogP contribution in [-0.2, 0) is 5.41 Å². The summed E-state index contributed by atoms with van der Waals surface area (Å²) >= 11 is 0. The van der Waals surface area contributed by atoms with Gasteiger partial charge in [0.15, 0.2) is 0 Å². The lowest BCUT2D eigenvalue weighted by molar-refractivity contribution is 0.660. The molecule has 0 amide bonds. The second-order valence-corrected chi connectivity index (χ2v) is 17.0. The van der Waals surface area contributed by atoms with Crippen LogP contribution in [-0.4, -0.2) is 0 Å². The molecular formula is C55H48O. The summed E-state index contributed by atoms with van der Waals surface area (Å²) in [5.74, 6) is 0. The van der Waals surface area contributed by atoms with Crippen molar-refractivity contribution in [3.63, 3.8) is 0 Å². The molecule has 8 aromatic carbocycles. The summed E-state index contributed by atoms with van der Waals surface area (Å²) in [5.41, 5.74) is 25.9. The number of hydrogen-bond donors (Lipinski definition) is 0. The zero-order valence-corrected chi connectivity index (χ0v) is 34.3. The van der Waals surface area contributed by atoms with Gasteiger partial charge in [0.1, 0.15) is 11.2 Å². The van der Waals surface area contributed by atoms with E-state index in [1.54, 1.807) is 0 Å². The van der Waals surface area contributed by atoms with Crippen molar-refractivity contribution in [3.8, 4) is 44.5 Å². The van der Waals surface area contributed by atoms with Gasteiger partial charge >= 0.3 is 0 Å². The molecule has 0 unspecified atom stereocenters. The van der Waals surface area contributed by atoms with Gasteiger partial charge < -0.3 is 4.42 Å². The molecule has 0 N–H and O–H groups in total. The molecule has 0 spiro atoms. The van der Waals surface area contributed by atoms with Crippen LogP contribution < -0.4 is 0 Å². The summed E-state index contributed by atoms with van der Waals surface area (Å²) in [6.45, 7) is 23.5. The number of rotatable bonds is 3. The summed E-state index contributed by atoms with van der Waals surface area (Å²) in [5, 5.41) is 7.83. The van der Waals surface area contributed by atoms with E-state index in [4.69, 9.17) is 4.42 Å². The molecule has 10 rings (SSSR count). The third-order valence-electron chi connectivity index (χ3n) is 14.1. The molecule has 0 aliphatic heterocycles. The van der Waals surface area contributed by atoms with Crippen molar-refractivity contribution in [1.82, 2.24) is 0 Å². The molecule has 9 aromatic rings. The number of benzene rings is 8. The summed E-state index contributed by atoms with van der Waals surface area (Å²) in [7, 11) is 0. The van der Waals surface area contributed by atoms with Crippen molar-refractivity contribution < 1.29 is 4.42 Å². The fraction of sp³-hybridized carbons (Fsp3) is 0.200. The number of hydrogen-bond acceptors (Lipinski definition) is 1. The largest absolute Gasteiger partial charge is 0.456 e. The Morgan fingerprint density at radius 1 is 0.357 bits per heavy atom. The van der Waals surface area contributed by atoms with Gasteiger partial charge in [0.25, 0.3) is 0 Å². The molecule has 1 heterocycles. The van der Waals surface area contributed by atoms with E-state index in [-0.39, 0.29) is 5.41 Å². The van der Waals surface area contributed by atoms with E-state index in [0.717, 1.165) is 16.6 Å². The lowest BCUT2D eigenvalue weighted by Crippen LogP contribution is -2.15. The van der Waals surface area contributed by atoms with Crippen molar-refractivity contribution in [2.24, 2.45) is 0 Å². The Labute approximate surface area is 330 Å². The average molecular weight is 725 g/mol. The summed E-state index contributed by atoms with van der Waals surface area (Å²) in [4.78, 5) is 0. The van der Waals surface area contributed by atoms with E-state index in [1.165, 1.54) is 127 Å². The first-order valence-corrected chi connectivity index (χ1v) is 20.1. The predicted molar refractivity (Wildman–Crippen MR) is 240 cm³/mol. The van der Waals surface area contributed by atoms with E-state index in [2.05, 4.69) is 172 Å². The summed E-state index contributed by atoms with van der Waals surface area (Å²) in [6, 6.07) is 40.5. The Balaban J connectivity index is 1.31. The second-order valence-electron chi connectivity index (χ2n) is 17.0. The first kappa shape index (κ1) is 34.6. The van der Waals surface area contributed by atoms with E-state index in [1.807, 2.05) is 6.07 Å². The molecule has 1 aliphatic carbocycles. The molecule has 274 valence electrons. The van der Waals surface area contributed by atoms with Crippen LogP contribution in [0.25, 0.3) is 88.0 Å². The molecule has 0 saturated heterocycles. The minimum Gasteiger partial charge on any atom is -0.456 e. The maximum Gasteiger partial charge on any atom is 0.136 e. The highest BCUT2D eigenvalue weighted by atomic mass is 16.3. The lowest BCUT2D eigenvalue weighted by atomic mass is 9.75. The maximum atomic E-state index is 6.29. The first-order valence-electron chi connectivity index (χ1n) is 20.1. The van der Waals surface area contributed by atoms with Gasteiger partial charge in [-0.1, -0.05) is 105 Å². The van der Waals surface area contributed by atoms with Gasteiger partial charge in [-0.3, -0.25) is 0 Å². The summed E-state index contributed by atoms with van der Waals surface area (Å²) < 4.78 is 6.29. The van der Waals surface area contributed by atoms with Crippen LogP contribution in [0.4, 0.5) is 0 Å². The predicted octanol–water partition coefficient (Wildman–Crippen LogP) is 15.7. The molecule has 1 aromatic heterocycles. The minimum absolute atomic E-state index is 0.0861. The molecule has 1 nitrogen and oxygen atoms in total. The Bertz CT molecular complexity index is 3080. The van der Waals surface area contributed by atoms with Gasteiger partial charge in [0.05, 0.1) is 0 Å². The topological polar surface area (TPSA) is 13.1 Å². The molecule has 0 fully saturated rings. The number of para-hydroxylation sites is 1. The van der Waals surface area contributed by atoms with Crippen LogP contribution in [0.2, 0.25) is 0 Å². The highest BCUT2D eigenvalue weighted by Crippen LogP contribution is 2.54. The quantitative estimate of drug-likeness (QED) is 0.165. The van der Waals surface area contributed by atoms with Crippen LogP contribution >= 0.6 is 0 Å². The molecule has 1 aliphatic rings. The van der Waals surface area contributed by atoms with E-state index >= 15 is 0 Å². The van der Waals surface area contributed by atoms with Gasteiger partial charge in [0, 0.05) is 16.2 Å². The van der Waals surface area contributed by atoms with Crippen molar-refractivity contribution in [2.45, 2.75) is 74.7 Å². The molecule has 1 heteroatoms. The third kappa shape index (κ3) is 4.55. The zero-order chi connectivity index (χ0) is 38.9. The SMILES string of the molecule is Cc1c(C)c(C)c2c(-c3ccc4c(c3)C(C)(C)c3ccccc3-4)c3c(C)c(C)c(C)c(C)c3c(-c3ccc(-c4cccc5oc6ccccc6c45)cc3)c2c1C. The third-order valence-corrected chi connectivity index (χ3v) is 14.1. The Hall–Kier alpha value is -5.92.